The van der Waals surface area contributed by atoms with Crippen molar-refractivity contribution in [3.63, 3.8) is 0 Å². The van der Waals surface area contributed by atoms with E-state index < -0.39 is 6.10 Å². The molecule has 0 rings (SSSR count). The highest BCUT2D eigenvalue weighted by Crippen LogP contribution is 1.88. The van der Waals surface area contributed by atoms with Gasteiger partial charge in [-0.3, -0.25) is 0 Å². The van der Waals surface area contributed by atoms with Gasteiger partial charge < -0.3 is 19.7 Å². The van der Waals surface area contributed by atoms with Crippen LogP contribution in [-0.4, -0.2) is 49.4 Å². The summed E-state index contributed by atoms with van der Waals surface area (Å²) in [5.41, 5.74) is 0. The zero-order chi connectivity index (χ0) is 9.23. The Labute approximate surface area is 73.1 Å². The van der Waals surface area contributed by atoms with Gasteiger partial charge in [0.05, 0.1) is 26.4 Å². The predicted octanol–water partition coefficient (Wildman–Crippen LogP) is -0.217. The summed E-state index contributed by atoms with van der Waals surface area (Å²) in [5, 5.41) is 17.5. The van der Waals surface area contributed by atoms with Crippen LogP contribution in [0.3, 0.4) is 0 Å². The van der Waals surface area contributed by atoms with Gasteiger partial charge in [-0.05, 0) is 6.42 Å². The monoisotopic (exact) mass is 178 g/mol. The van der Waals surface area contributed by atoms with Crippen LogP contribution in [-0.2, 0) is 9.47 Å². The Morgan fingerprint density at radius 3 is 2.25 bits per heavy atom. The van der Waals surface area contributed by atoms with E-state index in [1.807, 2.05) is 6.92 Å². The van der Waals surface area contributed by atoms with Crippen molar-refractivity contribution in [2.24, 2.45) is 0 Å². The molecule has 1 atom stereocenters. The molecule has 0 bridgehead atoms. The fraction of sp³-hybridized carbons (Fsp3) is 1.00. The molecule has 0 spiro atoms. The van der Waals surface area contributed by atoms with Crippen molar-refractivity contribution in [3.8, 4) is 0 Å². The maximum absolute atomic E-state index is 9.17. The molecular weight excluding hydrogens is 160 g/mol. The zero-order valence-corrected chi connectivity index (χ0v) is 7.53. The van der Waals surface area contributed by atoms with E-state index in [-0.39, 0.29) is 19.8 Å². The summed E-state index contributed by atoms with van der Waals surface area (Å²) >= 11 is 0. The summed E-state index contributed by atoms with van der Waals surface area (Å²) in [7, 11) is 0. The van der Waals surface area contributed by atoms with Crippen molar-refractivity contribution in [1.82, 2.24) is 0 Å². The maximum atomic E-state index is 9.17. The van der Waals surface area contributed by atoms with Gasteiger partial charge in [-0.1, -0.05) is 6.92 Å². The second-order valence-corrected chi connectivity index (χ2v) is 2.53. The van der Waals surface area contributed by atoms with E-state index >= 15 is 0 Å². The number of ether oxygens (including phenoxy) is 2. The summed E-state index contributed by atoms with van der Waals surface area (Å²) in [6.45, 7) is 3.46. The highest BCUT2D eigenvalue weighted by molar-refractivity contribution is 4.50. The molecule has 0 saturated heterocycles. The lowest BCUT2D eigenvalue weighted by Gasteiger charge is -2.10. The summed E-state index contributed by atoms with van der Waals surface area (Å²) in [4.78, 5) is 0. The third kappa shape index (κ3) is 7.94. The zero-order valence-electron chi connectivity index (χ0n) is 7.53. The normalized spacial score (nSPS) is 13.2. The minimum Gasteiger partial charge on any atom is -0.394 e. The van der Waals surface area contributed by atoms with E-state index in [0.717, 1.165) is 6.42 Å². The van der Waals surface area contributed by atoms with E-state index in [4.69, 9.17) is 14.6 Å². The largest absolute Gasteiger partial charge is 0.394 e. The Bertz CT molecular complexity index is 77.1. The van der Waals surface area contributed by atoms with E-state index in [2.05, 4.69) is 0 Å². The molecular formula is C8H18O4. The van der Waals surface area contributed by atoms with Crippen LogP contribution in [0.5, 0.6) is 0 Å². The molecule has 0 saturated carbocycles. The van der Waals surface area contributed by atoms with Crippen molar-refractivity contribution in [3.05, 3.63) is 0 Å². The Hall–Kier alpha value is -0.160. The first-order valence-electron chi connectivity index (χ1n) is 4.25. The number of rotatable bonds is 8. The Morgan fingerprint density at radius 2 is 1.75 bits per heavy atom. The molecule has 0 radical (unpaired) electrons. The average Bonchev–Trinajstić information content (AvgIpc) is 2.06. The fourth-order valence-electron chi connectivity index (χ4n) is 0.696. The van der Waals surface area contributed by atoms with Crippen LogP contribution in [0.4, 0.5) is 0 Å². The van der Waals surface area contributed by atoms with E-state index in [0.29, 0.717) is 13.2 Å². The molecule has 0 aromatic heterocycles. The van der Waals surface area contributed by atoms with Gasteiger partial charge in [-0.2, -0.15) is 0 Å². The molecule has 4 nitrogen and oxygen atoms in total. The molecule has 0 fully saturated rings. The Morgan fingerprint density at radius 1 is 1.17 bits per heavy atom. The minimum atomic E-state index is -0.580. The number of hydrogen-bond acceptors (Lipinski definition) is 4. The molecule has 0 aromatic carbocycles. The van der Waals surface area contributed by atoms with Crippen molar-refractivity contribution in [1.29, 1.82) is 0 Å². The number of aliphatic hydroxyl groups is 2. The molecule has 0 aliphatic rings. The molecule has 12 heavy (non-hydrogen) atoms. The Balaban J connectivity index is 3.04. The second kappa shape index (κ2) is 8.93. The topological polar surface area (TPSA) is 58.9 Å². The molecule has 0 aliphatic heterocycles. The van der Waals surface area contributed by atoms with Gasteiger partial charge in [0.15, 0.2) is 0 Å². The maximum Gasteiger partial charge on any atom is 0.101 e. The SMILES string of the molecule is CCCOCC(O)COCCO. The summed E-state index contributed by atoms with van der Waals surface area (Å²) in [5.74, 6) is 0. The lowest BCUT2D eigenvalue weighted by Crippen LogP contribution is -2.22. The number of aliphatic hydroxyl groups excluding tert-OH is 2. The minimum absolute atomic E-state index is 0.0114. The first-order chi connectivity index (χ1) is 5.81. The van der Waals surface area contributed by atoms with Gasteiger partial charge in [-0.25, -0.2) is 0 Å². The van der Waals surface area contributed by atoms with Gasteiger partial charge in [0.2, 0.25) is 0 Å². The molecule has 2 N–H and O–H groups in total. The molecule has 4 heteroatoms. The Kier molecular flexibility index (Phi) is 8.81. The molecule has 0 aliphatic carbocycles. The highest BCUT2D eigenvalue weighted by atomic mass is 16.5. The summed E-state index contributed by atoms with van der Waals surface area (Å²) < 4.78 is 9.98. The number of hydrogen-bond donors (Lipinski definition) is 2. The average molecular weight is 178 g/mol. The fourth-order valence-corrected chi connectivity index (χ4v) is 0.696. The molecule has 74 valence electrons. The molecule has 0 amide bonds. The first kappa shape index (κ1) is 11.8. The van der Waals surface area contributed by atoms with Crippen LogP contribution in [0.15, 0.2) is 0 Å². The van der Waals surface area contributed by atoms with Crippen molar-refractivity contribution in [2.75, 3.05) is 33.0 Å². The second-order valence-electron chi connectivity index (χ2n) is 2.53. The van der Waals surface area contributed by atoms with Crippen molar-refractivity contribution >= 4 is 0 Å². The van der Waals surface area contributed by atoms with E-state index in [1.54, 1.807) is 0 Å². The van der Waals surface area contributed by atoms with Crippen molar-refractivity contribution < 1.29 is 19.7 Å². The van der Waals surface area contributed by atoms with Crippen LogP contribution in [0.1, 0.15) is 13.3 Å². The third-order valence-electron chi connectivity index (χ3n) is 1.20. The van der Waals surface area contributed by atoms with Crippen LogP contribution in [0.2, 0.25) is 0 Å². The van der Waals surface area contributed by atoms with Gasteiger partial charge in [0, 0.05) is 6.61 Å². The van der Waals surface area contributed by atoms with Crippen LogP contribution >= 0.6 is 0 Å². The molecule has 1 unspecified atom stereocenters. The lowest BCUT2D eigenvalue weighted by atomic mass is 10.4. The quantitative estimate of drug-likeness (QED) is 0.505. The van der Waals surface area contributed by atoms with Crippen LogP contribution in [0, 0.1) is 0 Å². The first-order valence-corrected chi connectivity index (χ1v) is 4.25. The van der Waals surface area contributed by atoms with Crippen LogP contribution < -0.4 is 0 Å². The van der Waals surface area contributed by atoms with E-state index in [1.165, 1.54) is 0 Å². The van der Waals surface area contributed by atoms with Gasteiger partial charge >= 0.3 is 0 Å². The van der Waals surface area contributed by atoms with Gasteiger partial charge in [-0.15, -0.1) is 0 Å². The van der Waals surface area contributed by atoms with Crippen molar-refractivity contribution in [2.45, 2.75) is 19.4 Å². The smallest absolute Gasteiger partial charge is 0.101 e. The van der Waals surface area contributed by atoms with E-state index in [9.17, 15) is 5.11 Å². The van der Waals surface area contributed by atoms with Gasteiger partial charge in [0.1, 0.15) is 6.10 Å². The third-order valence-corrected chi connectivity index (χ3v) is 1.20. The highest BCUT2D eigenvalue weighted by Gasteiger charge is 2.02. The summed E-state index contributed by atoms with van der Waals surface area (Å²) in [6, 6.07) is 0. The molecule has 0 aromatic rings. The standard InChI is InChI=1S/C8H18O4/c1-2-4-11-6-8(10)7-12-5-3-9/h8-10H,2-7H2,1H3. The predicted molar refractivity (Wildman–Crippen MR) is 45.0 cm³/mol. The van der Waals surface area contributed by atoms with Crippen LogP contribution in [0.25, 0.3) is 0 Å². The van der Waals surface area contributed by atoms with Gasteiger partial charge in [0.25, 0.3) is 0 Å². The lowest BCUT2D eigenvalue weighted by molar-refractivity contribution is -0.0249. The molecule has 0 heterocycles. The summed E-state index contributed by atoms with van der Waals surface area (Å²) in [6.07, 6.45) is 0.368.